The molecule has 0 atom stereocenters. The van der Waals surface area contributed by atoms with Crippen LogP contribution in [0.25, 0.3) is 9.40 Å². The predicted molar refractivity (Wildman–Crippen MR) is 98.2 cm³/mol. The van der Waals surface area contributed by atoms with Gasteiger partial charge in [0.1, 0.15) is 4.88 Å². The molecule has 8 heteroatoms. The van der Waals surface area contributed by atoms with E-state index in [4.69, 9.17) is 11.6 Å². The number of thiophene rings is 2. The Hall–Kier alpha value is -2.22. The molecule has 0 spiro atoms. The first-order valence-corrected chi connectivity index (χ1v) is 9.17. The summed E-state index contributed by atoms with van der Waals surface area (Å²) in [5.74, 6) is 0.268. The maximum atomic E-state index is 12.4. The highest BCUT2D eigenvalue weighted by molar-refractivity contribution is 7.38. The Balaban J connectivity index is 1.50. The summed E-state index contributed by atoms with van der Waals surface area (Å²) in [5.41, 5.74) is 1.09. The fourth-order valence-corrected chi connectivity index (χ4v) is 4.82. The number of carbonyl (C=O) groups excluding carboxylic acids is 1. The van der Waals surface area contributed by atoms with Crippen LogP contribution in [0.1, 0.15) is 15.2 Å². The van der Waals surface area contributed by atoms with Gasteiger partial charge in [-0.05, 0) is 29.1 Å². The molecule has 0 aliphatic rings. The summed E-state index contributed by atoms with van der Waals surface area (Å²) in [6.45, 7) is 0.619. The minimum atomic E-state index is -0.234. The lowest BCUT2D eigenvalue weighted by Crippen LogP contribution is -2.11. The molecule has 24 heavy (non-hydrogen) atoms. The Labute approximate surface area is 150 Å². The zero-order valence-electron chi connectivity index (χ0n) is 12.3. The molecule has 1 amide bonds. The van der Waals surface area contributed by atoms with E-state index >= 15 is 0 Å². The van der Waals surface area contributed by atoms with Crippen LogP contribution < -0.4 is 5.32 Å². The van der Waals surface area contributed by atoms with Crippen LogP contribution in [-0.4, -0.2) is 20.7 Å². The van der Waals surface area contributed by atoms with Gasteiger partial charge >= 0.3 is 0 Å². The van der Waals surface area contributed by atoms with Gasteiger partial charge in [0.05, 0.1) is 15.6 Å². The normalized spacial score (nSPS) is 11.0. The highest BCUT2D eigenvalue weighted by Crippen LogP contribution is 2.38. The number of anilines is 1. The van der Waals surface area contributed by atoms with Crippen LogP contribution in [0.3, 0.4) is 0 Å². The Morgan fingerprint density at radius 1 is 1.25 bits per heavy atom. The van der Waals surface area contributed by atoms with Crippen molar-refractivity contribution in [3.63, 3.8) is 0 Å². The molecule has 0 saturated heterocycles. The van der Waals surface area contributed by atoms with Crippen LogP contribution in [0.5, 0.6) is 0 Å². The van der Waals surface area contributed by atoms with Crippen molar-refractivity contribution in [2.45, 2.75) is 6.54 Å². The molecule has 0 aromatic carbocycles. The molecule has 0 radical (unpaired) electrons. The molecule has 0 fully saturated rings. The molecular formula is C16H11ClN4OS2. The van der Waals surface area contributed by atoms with Crippen molar-refractivity contribution < 1.29 is 4.79 Å². The zero-order chi connectivity index (χ0) is 16.5. The number of nitrogens with one attached hydrogen (secondary N) is 1. The first-order chi connectivity index (χ1) is 11.7. The smallest absolute Gasteiger partial charge is 0.268 e. The van der Waals surface area contributed by atoms with Gasteiger partial charge in [-0.25, -0.2) is 0 Å². The van der Waals surface area contributed by atoms with Gasteiger partial charge < -0.3 is 5.32 Å². The molecule has 4 aromatic heterocycles. The summed E-state index contributed by atoms with van der Waals surface area (Å²) in [6, 6.07) is 7.55. The molecular weight excluding hydrogens is 364 g/mol. The summed E-state index contributed by atoms with van der Waals surface area (Å²) in [7, 11) is 0. The largest absolute Gasteiger partial charge is 0.304 e. The van der Waals surface area contributed by atoms with Gasteiger partial charge in [0.2, 0.25) is 0 Å². The molecule has 0 aliphatic carbocycles. The monoisotopic (exact) mass is 374 g/mol. The number of rotatable bonds is 4. The molecule has 0 unspecified atom stereocenters. The van der Waals surface area contributed by atoms with E-state index in [0.717, 1.165) is 15.0 Å². The third-order valence-corrected chi connectivity index (χ3v) is 6.19. The number of amides is 1. The Kier molecular flexibility index (Phi) is 4.05. The van der Waals surface area contributed by atoms with Gasteiger partial charge in [0.15, 0.2) is 5.82 Å². The van der Waals surface area contributed by atoms with Crippen molar-refractivity contribution in [1.82, 2.24) is 14.8 Å². The van der Waals surface area contributed by atoms with Crippen molar-refractivity contribution in [3.8, 4) is 0 Å². The quantitative estimate of drug-likeness (QED) is 0.571. The summed E-state index contributed by atoms with van der Waals surface area (Å²) in [6.07, 6.45) is 5.31. The van der Waals surface area contributed by atoms with Gasteiger partial charge in [-0.15, -0.1) is 22.7 Å². The van der Waals surface area contributed by atoms with E-state index in [2.05, 4.69) is 15.4 Å². The van der Waals surface area contributed by atoms with E-state index in [-0.39, 0.29) is 5.91 Å². The van der Waals surface area contributed by atoms with Crippen molar-refractivity contribution in [3.05, 3.63) is 63.7 Å². The van der Waals surface area contributed by atoms with Crippen LogP contribution in [0.4, 0.5) is 5.82 Å². The maximum absolute atomic E-state index is 12.4. The standard InChI is InChI=1S/C16H11ClN4OS2/c17-13-11-4-8-23-16(11)24-14(13)15(22)19-12-3-7-21(20-12)9-10-1-5-18-6-2-10/h1-8H,9H2,(H,19,20,22). The first kappa shape index (κ1) is 15.3. The Morgan fingerprint density at radius 2 is 2.08 bits per heavy atom. The summed E-state index contributed by atoms with van der Waals surface area (Å²) < 4.78 is 2.81. The van der Waals surface area contributed by atoms with E-state index in [9.17, 15) is 4.79 Å². The summed E-state index contributed by atoms with van der Waals surface area (Å²) in [5, 5.41) is 10.6. The van der Waals surface area contributed by atoms with Gasteiger partial charge in [-0.2, -0.15) is 5.10 Å². The maximum Gasteiger partial charge on any atom is 0.268 e. The topological polar surface area (TPSA) is 59.8 Å². The van der Waals surface area contributed by atoms with Crippen LogP contribution in [0, 0.1) is 0 Å². The van der Waals surface area contributed by atoms with Crippen molar-refractivity contribution in [2.24, 2.45) is 0 Å². The lowest BCUT2D eigenvalue weighted by molar-refractivity contribution is 0.103. The number of fused-ring (bicyclic) bond motifs is 1. The fraction of sp³-hybridized carbons (Fsp3) is 0.0625. The number of nitrogens with zero attached hydrogens (tertiary/aromatic N) is 3. The molecule has 4 heterocycles. The van der Waals surface area contributed by atoms with Crippen LogP contribution >= 0.6 is 34.3 Å². The molecule has 120 valence electrons. The van der Waals surface area contributed by atoms with Crippen LogP contribution in [0.2, 0.25) is 5.02 Å². The summed E-state index contributed by atoms with van der Waals surface area (Å²) in [4.78, 5) is 16.9. The SMILES string of the molecule is O=C(Nc1ccn(Cc2ccncc2)n1)c1sc2sccc2c1Cl. The number of carbonyl (C=O) groups is 1. The lowest BCUT2D eigenvalue weighted by atomic mass is 10.3. The second-order valence-corrected chi connectivity index (χ2v) is 7.65. The number of hydrogen-bond acceptors (Lipinski definition) is 5. The van der Waals surface area contributed by atoms with Crippen molar-refractivity contribution in [2.75, 3.05) is 5.32 Å². The van der Waals surface area contributed by atoms with E-state index in [0.29, 0.717) is 22.3 Å². The van der Waals surface area contributed by atoms with E-state index in [1.54, 1.807) is 34.5 Å². The fourth-order valence-electron chi connectivity index (χ4n) is 2.31. The molecule has 0 saturated carbocycles. The molecule has 0 bridgehead atoms. The molecule has 1 N–H and O–H groups in total. The van der Waals surface area contributed by atoms with Gasteiger partial charge in [-0.3, -0.25) is 14.5 Å². The lowest BCUT2D eigenvalue weighted by Gasteiger charge is -2.02. The zero-order valence-corrected chi connectivity index (χ0v) is 14.7. The molecule has 4 aromatic rings. The van der Waals surface area contributed by atoms with Crippen molar-refractivity contribution >= 4 is 55.4 Å². The van der Waals surface area contributed by atoms with Gasteiger partial charge in [-0.1, -0.05) is 11.6 Å². The second-order valence-electron chi connectivity index (χ2n) is 5.08. The second kappa shape index (κ2) is 6.35. The molecule has 4 rings (SSSR count). The first-order valence-electron chi connectivity index (χ1n) is 7.10. The third kappa shape index (κ3) is 2.93. The Bertz CT molecular complexity index is 1010. The molecule has 5 nitrogen and oxygen atoms in total. The molecule has 0 aliphatic heterocycles. The van der Waals surface area contributed by atoms with Gasteiger partial charge in [0, 0.05) is 30.0 Å². The minimum absolute atomic E-state index is 0.234. The van der Waals surface area contributed by atoms with Crippen molar-refractivity contribution in [1.29, 1.82) is 0 Å². The van der Waals surface area contributed by atoms with E-state index in [1.165, 1.54) is 11.3 Å². The average Bonchev–Trinajstić information content (AvgIpc) is 3.27. The third-order valence-electron chi connectivity index (χ3n) is 3.44. The van der Waals surface area contributed by atoms with Gasteiger partial charge in [0.25, 0.3) is 5.91 Å². The number of halogens is 1. The minimum Gasteiger partial charge on any atom is -0.304 e. The number of aromatic nitrogens is 3. The van der Waals surface area contributed by atoms with Crippen LogP contribution in [-0.2, 0) is 6.54 Å². The Morgan fingerprint density at radius 3 is 2.88 bits per heavy atom. The van der Waals surface area contributed by atoms with E-state index in [1.807, 2.05) is 29.8 Å². The number of pyridine rings is 1. The number of hydrogen-bond donors (Lipinski definition) is 1. The highest BCUT2D eigenvalue weighted by atomic mass is 35.5. The predicted octanol–water partition coefficient (Wildman–Crippen LogP) is 4.51. The van der Waals surface area contributed by atoms with E-state index < -0.39 is 0 Å². The average molecular weight is 375 g/mol. The van der Waals surface area contributed by atoms with Crippen LogP contribution in [0.15, 0.2) is 48.2 Å². The summed E-state index contributed by atoms with van der Waals surface area (Å²) >= 11 is 9.28. The highest BCUT2D eigenvalue weighted by Gasteiger charge is 2.18.